The topological polar surface area (TPSA) is 70.9 Å². The van der Waals surface area contributed by atoms with E-state index in [4.69, 9.17) is 4.74 Å². The first-order valence-corrected chi connectivity index (χ1v) is 7.76. The fraction of sp³-hybridized carbons (Fsp3) is 0.444. The molecule has 1 atom stereocenters. The number of carbonyl (C=O) groups is 1. The van der Waals surface area contributed by atoms with Crippen molar-refractivity contribution in [1.29, 1.82) is 0 Å². The van der Waals surface area contributed by atoms with Crippen molar-refractivity contribution in [2.75, 3.05) is 6.61 Å². The number of benzene rings is 1. The molecule has 2 rings (SSSR count). The van der Waals surface area contributed by atoms with E-state index in [0.717, 1.165) is 5.56 Å². The first kappa shape index (κ1) is 17.1. The van der Waals surface area contributed by atoms with Crippen molar-refractivity contribution < 1.29 is 14.6 Å². The third-order valence-electron chi connectivity index (χ3n) is 3.83. The van der Waals surface area contributed by atoms with E-state index in [0.29, 0.717) is 17.9 Å². The molecule has 0 amide bonds. The lowest BCUT2D eigenvalue weighted by atomic mass is 9.85. The normalized spacial score (nSPS) is 18.3. The average molecular weight is 316 g/mol. The third kappa shape index (κ3) is 3.73. The maximum absolute atomic E-state index is 12.3. The molecular formula is C18H24N2O3. The quantitative estimate of drug-likeness (QED) is 0.839. The van der Waals surface area contributed by atoms with Crippen LogP contribution >= 0.6 is 0 Å². The number of amidine groups is 1. The summed E-state index contributed by atoms with van der Waals surface area (Å²) < 4.78 is 5.13. The number of hydrogen-bond donors (Lipinski definition) is 2. The number of allylic oxidation sites excluding steroid dienone is 1. The number of carbonyl (C=O) groups excluding carboxylic acids is 1. The van der Waals surface area contributed by atoms with E-state index in [-0.39, 0.29) is 11.4 Å². The molecule has 0 fully saturated rings. The Kier molecular flexibility index (Phi) is 4.78. The molecule has 5 nitrogen and oxygen atoms in total. The maximum atomic E-state index is 12.3. The molecule has 1 aliphatic rings. The zero-order chi connectivity index (χ0) is 17.2. The van der Waals surface area contributed by atoms with E-state index in [2.05, 4.69) is 31.1 Å². The van der Waals surface area contributed by atoms with Gasteiger partial charge in [0.25, 0.3) is 6.02 Å². The van der Waals surface area contributed by atoms with Gasteiger partial charge in [-0.1, -0.05) is 45.0 Å². The fourth-order valence-corrected chi connectivity index (χ4v) is 2.56. The summed E-state index contributed by atoms with van der Waals surface area (Å²) in [5, 5.41) is 12.6. The van der Waals surface area contributed by atoms with Crippen LogP contribution in [0.1, 0.15) is 51.8 Å². The molecule has 124 valence electrons. The van der Waals surface area contributed by atoms with Crippen LogP contribution in [0, 0.1) is 0 Å². The van der Waals surface area contributed by atoms with Gasteiger partial charge in [-0.2, -0.15) is 0 Å². The summed E-state index contributed by atoms with van der Waals surface area (Å²) in [4.78, 5) is 16.2. The van der Waals surface area contributed by atoms with Crippen molar-refractivity contribution in [3.05, 3.63) is 46.7 Å². The Morgan fingerprint density at radius 2 is 1.91 bits per heavy atom. The minimum Gasteiger partial charge on any atom is -0.481 e. The Morgan fingerprint density at radius 1 is 1.30 bits per heavy atom. The van der Waals surface area contributed by atoms with Gasteiger partial charge in [-0.15, -0.1) is 0 Å². The van der Waals surface area contributed by atoms with Crippen molar-refractivity contribution in [2.45, 2.75) is 46.1 Å². The minimum absolute atomic E-state index is 0.0534. The summed E-state index contributed by atoms with van der Waals surface area (Å²) in [7, 11) is 0. The number of aliphatic hydroxyl groups is 1. The van der Waals surface area contributed by atoms with Gasteiger partial charge in [0.1, 0.15) is 0 Å². The summed E-state index contributed by atoms with van der Waals surface area (Å²) in [5.41, 5.74) is 3.02. The van der Waals surface area contributed by atoms with Crippen LogP contribution < -0.4 is 5.32 Å². The Balaban J connectivity index is 2.40. The van der Waals surface area contributed by atoms with Crippen molar-refractivity contribution in [1.82, 2.24) is 5.32 Å². The second kappa shape index (κ2) is 6.44. The fourth-order valence-electron chi connectivity index (χ4n) is 2.56. The third-order valence-corrected chi connectivity index (χ3v) is 3.83. The molecule has 1 unspecified atom stereocenters. The number of hydrogen-bond acceptors (Lipinski definition) is 4. The summed E-state index contributed by atoms with van der Waals surface area (Å²) >= 11 is 0. The van der Waals surface area contributed by atoms with Crippen molar-refractivity contribution in [2.24, 2.45) is 4.99 Å². The molecule has 5 heteroatoms. The maximum Gasteiger partial charge on any atom is 0.338 e. The monoisotopic (exact) mass is 316 g/mol. The number of aliphatic hydroxyl groups excluding tert-OH is 1. The first-order chi connectivity index (χ1) is 10.7. The van der Waals surface area contributed by atoms with E-state index in [1.165, 1.54) is 5.56 Å². The van der Waals surface area contributed by atoms with Crippen LogP contribution in [0.15, 0.2) is 40.5 Å². The summed E-state index contributed by atoms with van der Waals surface area (Å²) in [6, 6.07) is 7.34. The van der Waals surface area contributed by atoms with E-state index in [9.17, 15) is 9.90 Å². The van der Waals surface area contributed by atoms with Crippen molar-refractivity contribution in [3.8, 4) is 0 Å². The molecule has 0 spiro atoms. The lowest BCUT2D eigenvalue weighted by Crippen LogP contribution is -2.36. The summed E-state index contributed by atoms with van der Waals surface area (Å²) in [6.07, 6.45) is 0. The zero-order valence-corrected chi connectivity index (χ0v) is 14.3. The highest BCUT2D eigenvalue weighted by Gasteiger charge is 2.30. The van der Waals surface area contributed by atoms with Crippen LogP contribution in [0.4, 0.5) is 0 Å². The van der Waals surface area contributed by atoms with Crippen LogP contribution in [-0.4, -0.2) is 23.7 Å². The van der Waals surface area contributed by atoms with Crippen LogP contribution in [0.25, 0.3) is 0 Å². The first-order valence-electron chi connectivity index (χ1n) is 7.76. The molecule has 0 radical (unpaired) electrons. The predicted molar refractivity (Wildman–Crippen MR) is 90.4 cm³/mol. The van der Waals surface area contributed by atoms with Gasteiger partial charge in [-0.3, -0.25) is 0 Å². The van der Waals surface area contributed by atoms with Gasteiger partial charge in [0, 0.05) is 0 Å². The number of aliphatic imine (C=N–C) groups is 1. The van der Waals surface area contributed by atoms with Gasteiger partial charge in [0.2, 0.25) is 0 Å². The smallest absolute Gasteiger partial charge is 0.338 e. The number of ether oxygens (including phenoxy) is 1. The largest absolute Gasteiger partial charge is 0.481 e. The van der Waals surface area contributed by atoms with Gasteiger partial charge < -0.3 is 15.2 Å². The van der Waals surface area contributed by atoms with Gasteiger partial charge in [-0.05, 0) is 30.4 Å². The average Bonchev–Trinajstić information content (AvgIpc) is 2.45. The molecule has 1 aromatic carbocycles. The molecule has 1 aliphatic heterocycles. The summed E-state index contributed by atoms with van der Waals surface area (Å²) in [6.45, 7) is 10.2. The molecule has 0 aromatic heterocycles. The van der Waals surface area contributed by atoms with Crippen LogP contribution in [0.3, 0.4) is 0 Å². The number of esters is 1. The molecule has 0 bridgehead atoms. The molecule has 0 aliphatic carbocycles. The van der Waals surface area contributed by atoms with Gasteiger partial charge in [0.05, 0.1) is 23.9 Å². The van der Waals surface area contributed by atoms with Crippen LogP contribution in [-0.2, 0) is 14.9 Å². The van der Waals surface area contributed by atoms with E-state index in [1.54, 1.807) is 13.8 Å². The van der Waals surface area contributed by atoms with E-state index in [1.807, 2.05) is 24.3 Å². The zero-order valence-electron chi connectivity index (χ0n) is 14.3. The highest BCUT2D eigenvalue weighted by molar-refractivity contribution is 5.93. The molecule has 0 saturated heterocycles. The highest BCUT2D eigenvalue weighted by Crippen LogP contribution is 2.30. The van der Waals surface area contributed by atoms with Gasteiger partial charge in [-0.25, -0.2) is 9.79 Å². The molecule has 0 saturated carbocycles. The Hall–Kier alpha value is -2.30. The standard InChI is InChI=1S/C18H24N2O3/c1-6-23-16(21)14-11(2)19-17(22)20-15(14)12-7-9-13(10-8-12)18(3,4)5/h7-10,15H,6H2,1-5H3,(H2,19,20,22). The Bertz CT molecular complexity index is 652. The lowest BCUT2D eigenvalue weighted by molar-refractivity contribution is -0.139. The highest BCUT2D eigenvalue weighted by atomic mass is 16.5. The number of nitrogens with one attached hydrogen (secondary N) is 1. The molecular weight excluding hydrogens is 292 g/mol. The van der Waals surface area contributed by atoms with Crippen LogP contribution in [0.5, 0.6) is 0 Å². The molecule has 2 N–H and O–H groups in total. The second-order valence-electron chi connectivity index (χ2n) is 6.60. The van der Waals surface area contributed by atoms with E-state index < -0.39 is 12.0 Å². The Morgan fingerprint density at radius 3 is 2.43 bits per heavy atom. The van der Waals surface area contributed by atoms with Gasteiger partial charge >= 0.3 is 5.97 Å². The van der Waals surface area contributed by atoms with Crippen molar-refractivity contribution in [3.63, 3.8) is 0 Å². The van der Waals surface area contributed by atoms with Crippen molar-refractivity contribution >= 4 is 12.0 Å². The minimum atomic E-state index is -0.472. The predicted octanol–water partition coefficient (Wildman–Crippen LogP) is 3.38. The van der Waals surface area contributed by atoms with Gasteiger partial charge in [0.15, 0.2) is 0 Å². The Labute approximate surface area is 137 Å². The van der Waals surface area contributed by atoms with Crippen LogP contribution in [0.2, 0.25) is 0 Å². The molecule has 1 aromatic rings. The molecule has 1 heterocycles. The summed E-state index contributed by atoms with van der Waals surface area (Å²) in [5.74, 6) is -0.418. The molecule has 23 heavy (non-hydrogen) atoms. The number of nitrogens with zero attached hydrogens (tertiary/aromatic N) is 1. The lowest BCUT2D eigenvalue weighted by Gasteiger charge is -2.26. The SMILES string of the molecule is CCOC(=O)C1=C(C)N=C(O)NC1c1ccc(C(C)(C)C)cc1. The second-order valence-corrected chi connectivity index (χ2v) is 6.60. The van der Waals surface area contributed by atoms with E-state index >= 15 is 0 Å². The number of rotatable bonds is 3.